The summed E-state index contributed by atoms with van der Waals surface area (Å²) < 4.78 is 9.76. The van der Waals surface area contributed by atoms with E-state index in [1.807, 2.05) is 0 Å². The molecule has 0 aromatic rings. The van der Waals surface area contributed by atoms with Crippen LogP contribution in [-0.4, -0.2) is 25.2 Å². The Kier molecular flexibility index (Phi) is 3.45. The highest BCUT2D eigenvalue weighted by Gasteiger charge is 2.31. The number of hydrogen-bond acceptors (Lipinski definition) is 4. The highest BCUT2D eigenvalue weighted by molar-refractivity contribution is 5.75. The summed E-state index contributed by atoms with van der Waals surface area (Å²) in [5.41, 5.74) is 0. The molecule has 2 aliphatic carbocycles. The van der Waals surface area contributed by atoms with E-state index in [0.717, 1.165) is 25.7 Å². The Morgan fingerprint density at radius 1 is 0.875 bits per heavy atom. The van der Waals surface area contributed by atoms with Crippen molar-refractivity contribution in [2.24, 2.45) is 11.8 Å². The number of carbonyl (C=O) groups excluding carboxylic acids is 2. The van der Waals surface area contributed by atoms with Gasteiger partial charge in [0.05, 0.1) is 11.8 Å². The molecule has 2 saturated carbocycles. The molecular formula is C12H14O4. The van der Waals surface area contributed by atoms with Gasteiger partial charge in [-0.1, -0.05) is 11.8 Å². The van der Waals surface area contributed by atoms with Crippen LogP contribution in [0.2, 0.25) is 0 Å². The van der Waals surface area contributed by atoms with Gasteiger partial charge < -0.3 is 9.47 Å². The van der Waals surface area contributed by atoms with Gasteiger partial charge >= 0.3 is 11.9 Å². The summed E-state index contributed by atoms with van der Waals surface area (Å²) in [4.78, 5) is 22.1. The molecule has 2 aliphatic rings. The molecule has 16 heavy (non-hydrogen) atoms. The second-order valence-corrected chi connectivity index (χ2v) is 4.12. The monoisotopic (exact) mass is 222 g/mol. The number of esters is 2. The van der Waals surface area contributed by atoms with Crippen molar-refractivity contribution in [2.45, 2.75) is 25.7 Å². The van der Waals surface area contributed by atoms with Gasteiger partial charge in [0.1, 0.15) is 0 Å². The molecule has 0 amide bonds. The van der Waals surface area contributed by atoms with E-state index in [1.165, 1.54) is 0 Å². The van der Waals surface area contributed by atoms with Crippen LogP contribution in [0.1, 0.15) is 25.7 Å². The lowest BCUT2D eigenvalue weighted by molar-refractivity contribution is -0.144. The largest absolute Gasteiger partial charge is 0.452 e. The third-order valence-electron chi connectivity index (χ3n) is 2.52. The van der Waals surface area contributed by atoms with Crippen LogP contribution < -0.4 is 0 Å². The zero-order chi connectivity index (χ0) is 11.4. The van der Waals surface area contributed by atoms with Crippen molar-refractivity contribution >= 4 is 11.9 Å². The second-order valence-electron chi connectivity index (χ2n) is 4.12. The van der Waals surface area contributed by atoms with Gasteiger partial charge in [0.25, 0.3) is 0 Å². The molecule has 4 heteroatoms. The number of carbonyl (C=O) groups is 2. The average Bonchev–Trinajstić information content (AvgIpc) is 3.15. The van der Waals surface area contributed by atoms with Crippen molar-refractivity contribution in [3.63, 3.8) is 0 Å². The van der Waals surface area contributed by atoms with Crippen molar-refractivity contribution in [2.75, 3.05) is 13.2 Å². The van der Waals surface area contributed by atoms with Crippen molar-refractivity contribution in [1.82, 2.24) is 0 Å². The molecule has 2 fully saturated rings. The van der Waals surface area contributed by atoms with Gasteiger partial charge in [0.2, 0.25) is 0 Å². The molecule has 0 bridgehead atoms. The van der Waals surface area contributed by atoms with Crippen LogP contribution in [0, 0.1) is 23.7 Å². The zero-order valence-electron chi connectivity index (χ0n) is 9.03. The van der Waals surface area contributed by atoms with Crippen molar-refractivity contribution in [3.05, 3.63) is 0 Å². The van der Waals surface area contributed by atoms with Crippen LogP contribution in [0.5, 0.6) is 0 Å². The highest BCUT2D eigenvalue weighted by Crippen LogP contribution is 2.30. The summed E-state index contributed by atoms with van der Waals surface area (Å²) in [6.07, 6.45) is 3.74. The van der Waals surface area contributed by atoms with Gasteiger partial charge in [-0.25, -0.2) is 0 Å². The lowest BCUT2D eigenvalue weighted by Gasteiger charge is -1.97. The molecule has 0 radical (unpaired) electrons. The van der Waals surface area contributed by atoms with Crippen molar-refractivity contribution in [1.29, 1.82) is 0 Å². The number of ether oxygens (including phenoxy) is 2. The maximum atomic E-state index is 11.1. The molecule has 0 aromatic carbocycles. The SMILES string of the molecule is O=C(OCC#CCOC(=O)C1CC1)C1CC1. The molecule has 0 unspecified atom stereocenters. The van der Waals surface area contributed by atoms with Gasteiger partial charge in [-0.3, -0.25) is 9.59 Å². The summed E-state index contributed by atoms with van der Waals surface area (Å²) in [6.45, 7) is 0.187. The van der Waals surface area contributed by atoms with E-state index in [2.05, 4.69) is 11.8 Å². The molecule has 0 N–H and O–H groups in total. The fourth-order valence-electron chi connectivity index (χ4n) is 1.19. The van der Waals surface area contributed by atoms with Gasteiger partial charge in [0, 0.05) is 0 Å². The van der Waals surface area contributed by atoms with Gasteiger partial charge in [0.15, 0.2) is 13.2 Å². The van der Waals surface area contributed by atoms with Crippen molar-refractivity contribution in [3.8, 4) is 11.8 Å². The normalized spacial score (nSPS) is 18.2. The Balaban J connectivity index is 1.51. The Morgan fingerprint density at radius 2 is 1.25 bits per heavy atom. The van der Waals surface area contributed by atoms with E-state index in [1.54, 1.807) is 0 Å². The zero-order valence-corrected chi connectivity index (χ0v) is 9.03. The van der Waals surface area contributed by atoms with Crippen LogP contribution in [0.4, 0.5) is 0 Å². The third-order valence-corrected chi connectivity index (χ3v) is 2.52. The number of rotatable bonds is 4. The molecule has 0 atom stereocenters. The first-order valence-corrected chi connectivity index (χ1v) is 5.56. The Bertz CT molecular complexity index is 310. The molecule has 86 valence electrons. The molecule has 0 saturated heterocycles. The van der Waals surface area contributed by atoms with Crippen LogP contribution in [0.3, 0.4) is 0 Å². The first kappa shape index (κ1) is 11.0. The van der Waals surface area contributed by atoms with Crippen LogP contribution in [-0.2, 0) is 19.1 Å². The molecule has 0 spiro atoms. The van der Waals surface area contributed by atoms with Crippen LogP contribution >= 0.6 is 0 Å². The predicted octanol–water partition coefficient (Wildman–Crippen LogP) is 0.896. The highest BCUT2D eigenvalue weighted by atomic mass is 16.5. The first-order chi connectivity index (χ1) is 7.77. The Labute approximate surface area is 94.3 Å². The lowest BCUT2D eigenvalue weighted by Crippen LogP contribution is -2.07. The molecule has 0 heterocycles. The summed E-state index contributed by atoms with van der Waals surface area (Å²) in [7, 11) is 0. The summed E-state index contributed by atoms with van der Waals surface area (Å²) in [6, 6.07) is 0. The minimum atomic E-state index is -0.163. The average molecular weight is 222 g/mol. The Morgan fingerprint density at radius 3 is 1.56 bits per heavy atom. The van der Waals surface area contributed by atoms with E-state index in [4.69, 9.17) is 9.47 Å². The van der Waals surface area contributed by atoms with Gasteiger partial charge in [-0.2, -0.15) is 0 Å². The van der Waals surface area contributed by atoms with E-state index >= 15 is 0 Å². The third kappa shape index (κ3) is 3.58. The fourth-order valence-corrected chi connectivity index (χ4v) is 1.19. The topological polar surface area (TPSA) is 52.6 Å². The van der Waals surface area contributed by atoms with Gasteiger partial charge in [-0.15, -0.1) is 0 Å². The first-order valence-electron chi connectivity index (χ1n) is 5.56. The quantitative estimate of drug-likeness (QED) is 0.523. The molecule has 0 aromatic heterocycles. The van der Waals surface area contributed by atoms with E-state index in [-0.39, 0.29) is 37.0 Å². The molecular weight excluding hydrogens is 208 g/mol. The molecule has 4 nitrogen and oxygen atoms in total. The molecule has 2 rings (SSSR count). The van der Waals surface area contributed by atoms with Crippen molar-refractivity contribution < 1.29 is 19.1 Å². The van der Waals surface area contributed by atoms with E-state index < -0.39 is 0 Å². The maximum absolute atomic E-state index is 11.1. The summed E-state index contributed by atoms with van der Waals surface area (Å²) in [5, 5.41) is 0. The second kappa shape index (κ2) is 5.02. The van der Waals surface area contributed by atoms with Crippen LogP contribution in [0.25, 0.3) is 0 Å². The smallest absolute Gasteiger partial charge is 0.309 e. The van der Waals surface area contributed by atoms with Gasteiger partial charge in [-0.05, 0) is 25.7 Å². The lowest BCUT2D eigenvalue weighted by atomic mass is 10.4. The number of hydrogen-bond donors (Lipinski definition) is 0. The van der Waals surface area contributed by atoms with E-state index in [9.17, 15) is 9.59 Å². The van der Waals surface area contributed by atoms with Crippen LogP contribution in [0.15, 0.2) is 0 Å². The minimum Gasteiger partial charge on any atom is -0.452 e. The Hall–Kier alpha value is -1.50. The van der Waals surface area contributed by atoms with E-state index in [0.29, 0.717) is 0 Å². The summed E-state index contributed by atoms with van der Waals surface area (Å²) in [5.74, 6) is 5.17. The summed E-state index contributed by atoms with van der Waals surface area (Å²) >= 11 is 0. The minimum absolute atomic E-state index is 0.0936. The standard InChI is InChI=1S/C12H14O4/c13-11(9-3-4-9)15-7-1-2-8-16-12(14)10-5-6-10/h9-10H,3-8H2. The fraction of sp³-hybridized carbons (Fsp3) is 0.667. The predicted molar refractivity (Wildman–Crippen MR) is 55.1 cm³/mol. The molecule has 0 aliphatic heterocycles. The maximum Gasteiger partial charge on any atom is 0.309 e.